The fourth-order valence-corrected chi connectivity index (χ4v) is 5.64. The molecule has 3 rings (SSSR count). The van der Waals surface area contributed by atoms with Gasteiger partial charge >= 0.3 is 15.6 Å². The summed E-state index contributed by atoms with van der Waals surface area (Å²) >= 11 is 1.22. The average molecular weight is 550 g/mol. The summed E-state index contributed by atoms with van der Waals surface area (Å²) in [6, 6.07) is 0. The number of imidazole rings is 1. The molecule has 1 aliphatic rings. The summed E-state index contributed by atoms with van der Waals surface area (Å²) in [5.41, 5.74) is 6.33. The summed E-state index contributed by atoms with van der Waals surface area (Å²) in [5.74, 6) is 0.0972. The van der Waals surface area contributed by atoms with Crippen LogP contribution < -0.4 is 5.73 Å². The Kier molecular flexibility index (Phi) is 7.79. The summed E-state index contributed by atoms with van der Waals surface area (Å²) in [5, 5.41) is 21.1. The van der Waals surface area contributed by atoms with Crippen LogP contribution in [0.3, 0.4) is 0 Å². The second kappa shape index (κ2) is 9.62. The van der Waals surface area contributed by atoms with E-state index in [4.69, 9.17) is 24.8 Å². The summed E-state index contributed by atoms with van der Waals surface area (Å²) in [7, 11) is -16.5. The van der Waals surface area contributed by atoms with Crippen molar-refractivity contribution in [2.75, 3.05) is 18.6 Å². The van der Waals surface area contributed by atoms with Gasteiger partial charge < -0.3 is 44.5 Å². The number of nitrogen functional groups attached to an aromatic ring is 1. The molecule has 0 amide bonds. The molecule has 0 radical (unpaired) electrons. The van der Waals surface area contributed by atoms with E-state index in [-0.39, 0.29) is 17.0 Å². The largest absolute Gasteiger partial charge is 0.485 e. The van der Waals surface area contributed by atoms with Crippen molar-refractivity contribution in [1.29, 1.82) is 0 Å². The zero-order valence-corrected chi connectivity index (χ0v) is 19.3. The van der Waals surface area contributed by atoms with Crippen LogP contribution >= 0.6 is 34.9 Å². The first-order valence-corrected chi connectivity index (χ1v) is 13.6. The number of thioether (sulfide) groups is 1. The van der Waals surface area contributed by atoms with E-state index < -0.39 is 61.8 Å². The van der Waals surface area contributed by atoms with E-state index >= 15 is 0 Å². The maximum absolute atomic E-state index is 12.4. The quantitative estimate of drug-likeness (QED) is 0.0895. The highest BCUT2D eigenvalue weighted by Gasteiger charge is 2.45. The lowest BCUT2D eigenvalue weighted by Gasteiger charge is -2.24. The van der Waals surface area contributed by atoms with E-state index in [1.165, 1.54) is 22.7 Å². The SMILES string of the molecule is [BH3-]P(=O)(OC[C@H]1O[C@@H](n2cnc3c(N)nc(SC)nc32)[C@H](O)[C@@H]1O)OP(=O)(O)OP(=O)(O)O. The van der Waals surface area contributed by atoms with E-state index in [1.54, 1.807) is 6.26 Å². The van der Waals surface area contributed by atoms with E-state index in [1.807, 2.05) is 0 Å². The van der Waals surface area contributed by atoms with Gasteiger partial charge in [-0.05, 0) is 6.26 Å². The van der Waals surface area contributed by atoms with Crippen LogP contribution in [0.5, 0.6) is 0 Å². The molecule has 2 aromatic rings. The van der Waals surface area contributed by atoms with Crippen molar-refractivity contribution in [3.63, 3.8) is 0 Å². The van der Waals surface area contributed by atoms with E-state index in [2.05, 4.69) is 23.6 Å². The van der Waals surface area contributed by atoms with Crippen LogP contribution in [0.1, 0.15) is 6.23 Å². The number of phosphoric acid groups is 2. The molecule has 1 saturated heterocycles. The summed E-state index contributed by atoms with van der Waals surface area (Å²) < 4.78 is 54.6. The molecule has 186 valence electrons. The molecule has 2 unspecified atom stereocenters. The Hall–Kier alpha value is -0.905. The van der Waals surface area contributed by atoms with E-state index in [0.717, 1.165) is 0 Å². The highest BCUT2D eigenvalue weighted by molar-refractivity contribution is 7.98. The zero-order chi connectivity index (χ0) is 24.8. The predicted molar refractivity (Wildman–Crippen MR) is 115 cm³/mol. The van der Waals surface area contributed by atoms with Crippen LogP contribution in [-0.4, -0.2) is 83.2 Å². The molecule has 6 atom stereocenters. The molecule has 0 bridgehead atoms. The molecular formula is C11H20BN5O12P3S-. The van der Waals surface area contributed by atoms with Crippen molar-refractivity contribution in [3.05, 3.63) is 6.33 Å². The third-order valence-electron chi connectivity index (χ3n) is 3.95. The first-order valence-electron chi connectivity index (χ1n) is 8.26. The smallest absolute Gasteiger partial charge is 0.387 e. The zero-order valence-electron chi connectivity index (χ0n) is 15.8. The van der Waals surface area contributed by atoms with Gasteiger partial charge in [-0.15, -0.1) is 0 Å². The number of hydrogen-bond acceptors (Lipinski definition) is 14. The molecule has 22 heteroatoms. The number of anilines is 1. The lowest BCUT2D eigenvalue weighted by molar-refractivity contribution is -0.0479. The fraction of sp³-hybridized carbons (Fsp3) is 0.545. The van der Waals surface area contributed by atoms with Gasteiger partial charge in [0, 0.05) is 0 Å². The number of aromatic nitrogens is 4. The molecule has 0 aromatic carbocycles. The third kappa shape index (κ3) is 6.41. The summed E-state index contributed by atoms with van der Waals surface area (Å²) in [6.07, 6.45) is -2.51. The first-order chi connectivity index (χ1) is 15.1. The van der Waals surface area contributed by atoms with Gasteiger partial charge in [0.2, 0.25) is 0 Å². The Balaban J connectivity index is 1.73. The Labute approximate surface area is 190 Å². The van der Waals surface area contributed by atoms with Crippen LogP contribution in [0.4, 0.5) is 5.82 Å². The van der Waals surface area contributed by atoms with Crippen molar-refractivity contribution in [2.24, 2.45) is 0 Å². The van der Waals surface area contributed by atoms with Crippen molar-refractivity contribution in [1.82, 2.24) is 19.5 Å². The number of nitrogens with zero attached hydrogens (tertiary/aromatic N) is 4. The fourth-order valence-electron chi connectivity index (χ4n) is 2.68. The monoisotopic (exact) mass is 550 g/mol. The predicted octanol–water partition coefficient (Wildman–Crippen LogP) is -1.53. The molecule has 2 aromatic heterocycles. The number of nitrogens with two attached hydrogens (primary N) is 1. The molecule has 1 aliphatic heterocycles. The Bertz CT molecular complexity index is 1180. The normalized spacial score (nSPS) is 27.5. The van der Waals surface area contributed by atoms with Gasteiger partial charge in [0.1, 0.15) is 23.8 Å². The molecule has 0 spiro atoms. The summed E-state index contributed by atoms with van der Waals surface area (Å²) in [6.45, 7) is -0.648. The first kappa shape index (κ1) is 26.7. The number of fused-ring (bicyclic) bond motifs is 1. The van der Waals surface area contributed by atoms with Gasteiger partial charge in [-0.3, -0.25) is 4.57 Å². The number of ether oxygens (including phenoxy) is 1. The second-order valence-corrected chi connectivity index (χ2v) is 10.8. The van der Waals surface area contributed by atoms with Crippen molar-refractivity contribution in [3.8, 4) is 0 Å². The van der Waals surface area contributed by atoms with Crippen LogP contribution in [0.2, 0.25) is 0 Å². The molecular weight excluding hydrogens is 530 g/mol. The molecule has 1 fully saturated rings. The maximum atomic E-state index is 12.4. The lowest BCUT2D eigenvalue weighted by Crippen LogP contribution is -2.33. The number of aliphatic hydroxyl groups excluding tert-OH is 2. The van der Waals surface area contributed by atoms with Crippen LogP contribution in [0, 0.1) is 0 Å². The van der Waals surface area contributed by atoms with E-state index in [0.29, 0.717) is 5.16 Å². The Morgan fingerprint density at radius 3 is 2.48 bits per heavy atom. The van der Waals surface area contributed by atoms with Gasteiger partial charge in [-0.2, -0.15) is 4.31 Å². The molecule has 0 aliphatic carbocycles. The maximum Gasteiger partial charge on any atom is 0.485 e. The van der Waals surface area contributed by atoms with Gasteiger partial charge in [0.05, 0.1) is 20.5 Å². The molecule has 0 saturated carbocycles. The van der Waals surface area contributed by atoms with Gasteiger partial charge in [-0.25, -0.2) is 28.4 Å². The van der Waals surface area contributed by atoms with Crippen LogP contribution in [0.25, 0.3) is 11.2 Å². The van der Waals surface area contributed by atoms with Crippen molar-refractivity contribution >= 4 is 59.4 Å². The molecule has 17 nitrogen and oxygen atoms in total. The molecule has 7 N–H and O–H groups in total. The highest BCUT2D eigenvalue weighted by atomic mass is 32.2. The van der Waals surface area contributed by atoms with Crippen molar-refractivity contribution in [2.45, 2.75) is 29.7 Å². The second-order valence-electron chi connectivity index (χ2n) is 6.11. The Morgan fingerprint density at radius 2 is 1.88 bits per heavy atom. The average Bonchev–Trinajstić information content (AvgIpc) is 3.19. The summed E-state index contributed by atoms with van der Waals surface area (Å²) in [4.78, 5) is 39.0. The minimum absolute atomic E-state index is 0.0972. The van der Waals surface area contributed by atoms with Gasteiger partial charge in [-0.1, -0.05) is 11.8 Å². The minimum Gasteiger partial charge on any atom is -0.387 e. The standard InChI is InChI=1S/C11H20BN5O12P3S/c1-33-11-15-8(13)5-9(16-11)17(3-14-5)10-7(19)6(18)4(27-10)2-26-30(12,20)28-32(24,25)29-31(21,22)23/h3-4,6-7,10,18-19H,2H2,1,12H3,(H,24,25)(H2,13,15,16)(H2,21,22,23)/q-1/t4-,6-,7-,10-,30?/m1/s1. The topological polar surface area (TPSA) is 259 Å². The molecule has 33 heavy (non-hydrogen) atoms. The number of rotatable bonds is 9. The minimum atomic E-state index is -5.41. The number of aliphatic hydroxyl groups is 2. The van der Waals surface area contributed by atoms with Crippen LogP contribution in [0.15, 0.2) is 11.5 Å². The van der Waals surface area contributed by atoms with E-state index in [9.17, 15) is 28.8 Å². The van der Waals surface area contributed by atoms with Gasteiger partial charge in [0.15, 0.2) is 30.3 Å². The van der Waals surface area contributed by atoms with Crippen LogP contribution in [-0.2, 0) is 31.6 Å². The van der Waals surface area contributed by atoms with Crippen molar-refractivity contribution < 1.29 is 56.5 Å². The number of hydrogen-bond donors (Lipinski definition) is 6. The molecule has 3 heterocycles. The lowest BCUT2D eigenvalue weighted by atomic mass is 10.1. The Morgan fingerprint density at radius 1 is 1.21 bits per heavy atom. The third-order valence-corrected chi connectivity index (χ3v) is 7.89. The van der Waals surface area contributed by atoms with Gasteiger partial charge in [0.25, 0.3) is 0 Å². The highest BCUT2D eigenvalue weighted by Crippen LogP contribution is 2.66.